The quantitative estimate of drug-likeness (QED) is 0.546. The van der Waals surface area contributed by atoms with Crippen LogP contribution >= 0.6 is 15.9 Å². The highest BCUT2D eigenvalue weighted by molar-refractivity contribution is 9.10. The van der Waals surface area contributed by atoms with Crippen LogP contribution in [0.2, 0.25) is 0 Å². The van der Waals surface area contributed by atoms with Gasteiger partial charge in [0, 0.05) is 22.3 Å². The number of nitrogens with zero attached hydrogens (tertiary/aromatic N) is 1. The van der Waals surface area contributed by atoms with Gasteiger partial charge in [-0.05, 0) is 55.8 Å². The number of nitrogens with one attached hydrogen (secondary N) is 2. The number of rotatable bonds is 5. The molecule has 1 aliphatic heterocycles. The van der Waals surface area contributed by atoms with Crippen molar-refractivity contribution in [3.05, 3.63) is 58.6 Å². The van der Waals surface area contributed by atoms with Crippen molar-refractivity contribution in [2.75, 3.05) is 18.1 Å². The van der Waals surface area contributed by atoms with E-state index in [1.807, 2.05) is 31.2 Å². The van der Waals surface area contributed by atoms with Gasteiger partial charge in [-0.3, -0.25) is 25.2 Å². The third-order valence-corrected chi connectivity index (χ3v) is 4.86. The molecule has 0 bridgehead atoms. The monoisotopic (exact) mass is 445 g/mol. The minimum atomic E-state index is -0.834. The van der Waals surface area contributed by atoms with Crippen LogP contribution in [-0.2, 0) is 9.59 Å². The second kappa shape index (κ2) is 8.88. The molecule has 0 saturated carbocycles. The molecule has 3 rings (SSSR count). The zero-order chi connectivity index (χ0) is 20.1. The predicted octanol–water partition coefficient (Wildman–Crippen LogP) is 2.66. The van der Waals surface area contributed by atoms with Crippen LogP contribution in [0.4, 0.5) is 5.69 Å². The van der Waals surface area contributed by atoms with Crippen molar-refractivity contribution >= 4 is 39.3 Å². The maximum Gasteiger partial charge on any atom is 0.269 e. The summed E-state index contributed by atoms with van der Waals surface area (Å²) in [4.78, 5) is 38.7. The van der Waals surface area contributed by atoms with Crippen LogP contribution in [0.5, 0.6) is 5.75 Å². The third kappa shape index (κ3) is 4.51. The number of amides is 3. The number of anilines is 1. The van der Waals surface area contributed by atoms with Crippen LogP contribution in [0.1, 0.15) is 23.7 Å². The van der Waals surface area contributed by atoms with Crippen LogP contribution in [0.15, 0.2) is 53.0 Å². The van der Waals surface area contributed by atoms with Gasteiger partial charge < -0.3 is 9.64 Å². The summed E-state index contributed by atoms with van der Waals surface area (Å²) in [6.07, 6.45) is 0.385. The molecule has 1 fully saturated rings. The molecule has 0 aromatic heterocycles. The van der Waals surface area contributed by atoms with E-state index in [9.17, 15) is 14.4 Å². The number of hydrogen-bond acceptors (Lipinski definition) is 4. The van der Waals surface area contributed by atoms with Gasteiger partial charge in [0.2, 0.25) is 5.91 Å². The number of hydrazine groups is 1. The summed E-state index contributed by atoms with van der Waals surface area (Å²) < 4.78 is 6.18. The van der Waals surface area contributed by atoms with E-state index in [0.29, 0.717) is 30.9 Å². The summed E-state index contributed by atoms with van der Waals surface area (Å²) in [6.45, 7) is 2.85. The van der Waals surface area contributed by atoms with E-state index < -0.39 is 17.7 Å². The molecule has 1 unspecified atom stereocenters. The molecule has 1 aliphatic rings. The van der Waals surface area contributed by atoms with Crippen LogP contribution in [-0.4, -0.2) is 30.9 Å². The highest BCUT2D eigenvalue weighted by Gasteiger charge is 2.37. The first-order chi connectivity index (χ1) is 13.5. The van der Waals surface area contributed by atoms with Gasteiger partial charge in [0.1, 0.15) is 11.7 Å². The second-order valence-electron chi connectivity index (χ2n) is 6.21. The smallest absolute Gasteiger partial charge is 0.269 e. The molecule has 28 heavy (non-hydrogen) atoms. The van der Waals surface area contributed by atoms with Crippen molar-refractivity contribution in [2.24, 2.45) is 5.92 Å². The normalized spacial score (nSPS) is 16.0. The fraction of sp³-hybridized carbons (Fsp3) is 0.250. The van der Waals surface area contributed by atoms with E-state index in [2.05, 4.69) is 26.8 Å². The molecule has 1 saturated heterocycles. The van der Waals surface area contributed by atoms with Crippen molar-refractivity contribution in [1.82, 2.24) is 10.9 Å². The average molecular weight is 446 g/mol. The van der Waals surface area contributed by atoms with Gasteiger partial charge >= 0.3 is 0 Å². The summed E-state index contributed by atoms with van der Waals surface area (Å²) in [6, 6.07) is 13.9. The summed E-state index contributed by atoms with van der Waals surface area (Å²) in [5.74, 6) is -1.45. The Hall–Kier alpha value is -2.87. The topological polar surface area (TPSA) is 87.7 Å². The van der Waals surface area contributed by atoms with E-state index in [0.717, 1.165) is 10.2 Å². The fourth-order valence-electron chi connectivity index (χ4n) is 2.97. The number of benzene rings is 2. The molecule has 0 spiro atoms. The van der Waals surface area contributed by atoms with Gasteiger partial charge in [0.25, 0.3) is 11.8 Å². The molecule has 3 amide bonds. The summed E-state index contributed by atoms with van der Waals surface area (Å²) in [5.41, 5.74) is 5.81. The Labute approximate surface area is 171 Å². The van der Waals surface area contributed by atoms with Crippen LogP contribution < -0.4 is 20.5 Å². The summed E-state index contributed by atoms with van der Waals surface area (Å²) >= 11 is 3.38. The lowest BCUT2D eigenvalue weighted by Gasteiger charge is -2.17. The standard InChI is InChI=1S/C20H20BrN3O4/c1-2-28-16-8-6-13(7-9-16)18(25)22-23-19(26)17-10-11-24(20(17)27)15-5-3-4-14(21)12-15/h3-9,12,17H,2,10-11H2,1H3,(H,22,25)(H,23,26). The van der Waals surface area contributed by atoms with Crippen molar-refractivity contribution in [3.8, 4) is 5.75 Å². The molecular formula is C20H20BrN3O4. The molecule has 1 atom stereocenters. The van der Waals surface area contributed by atoms with Gasteiger partial charge in [-0.15, -0.1) is 0 Å². The number of carbonyl (C=O) groups excluding carboxylic acids is 3. The van der Waals surface area contributed by atoms with Gasteiger partial charge in [-0.1, -0.05) is 22.0 Å². The first-order valence-electron chi connectivity index (χ1n) is 8.89. The van der Waals surface area contributed by atoms with E-state index >= 15 is 0 Å². The van der Waals surface area contributed by atoms with Crippen LogP contribution in [0.25, 0.3) is 0 Å². The average Bonchev–Trinajstić information content (AvgIpc) is 3.08. The second-order valence-corrected chi connectivity index (χ2v) is 7.13. The molecule has 7 nitrogen and oxygen atoms in total. The molecule has 146 valence electrons. The van der Waals surface area contributed by atoms with Gasteiger partial charge in [-0.25, -0.2) is 0 Å². The SMILES string of the molecule is CCOc1ccc(C(=O)NNC(=O)C2CCN(c3cccc(Br)c3)C2=O)cc1. The third-order valence-electron chi connectivity index (χ3n) is 4.37. The molecule has 0 radical (unpaired) electrons. The summed E-state index contributed by atoms with van der Waals surface area (Å²) in [7, 11) is 0. The lowest BCUT2D eigenvalue weighted by molar-refractivity contribution is -0.132. The van der Waals surface area contributed by atoms with Gasteiger partial charge in [-0.2, -0.15) is 0 Å². The Morgan fingerprint density at radius 2 is 1.93 bits per heavy atom. The predicted molar refractivity (Wildman–Crippen MR) is 108 cm³/mol. The Morgan fingerprint density at radius 1 is 1.18 bits per heavy atom. The van der Waals surface area contributed by atoms with Gasteiger partial charge in [0.15, 0.2) is 0 Å². The molecule has 2 N–H and O–H groups in total. The van der Waals surface area contributed by atoms with Crippen LogP contribution in [0, 0.1) is 5.92 Å². The zero-order valence-corrected chi connectivity index (χ0v) is 16.9. The highest BCUT2D eigenvalue weighted by Crippen LogP contribution is 2.27. The number of carbonyl (C=O) groups is 3. The highest BCUT2D eigenvalue weighted by atomic mass is 79.9. The van der Waals surface area contributed by atoms with Crippen molar-refractivity contribution in [3.63, 3.8) is 0 Å². The first kappa shape index (κ1) is 19.9. The lowest BCUT2D eigenvalue weighted by atomic mass is 10.1. The number of halogens is 1. The Bertz CT molecular complexity index is 885. The van der Waals surface area contributed by atoms with Crippen molar-refractivity contribution in [2.45, 2.75) is 13.3 Å². The van der Waals surface area contributed by atoms with E-state index in [-0.39, 0.29) is 5.91 Å². The zero-order valence-electron chi connectivity index (χ0n) is 15.3. The maximum absolute atomic E-state index is 12.6. The van der Waals surface area contributed by atoms with Crippen LogP contribution in [0.3, 0.4) is 0 Å². The number of hydrogen-bond donors (Lipinski definition) is 2. The minimum Gasteiger partial charge on any atom is -0.494 e. The van der Waals surface area contributed by atoms with Crippen molar-refractivity contribution in [1.29, 1.82) is 0 Å². The molecule has 8 heteroatoms. The summed E-state index contributed by atoms with van der Waals surface area (Å²) in [5, 5.41) is 0. The molecular weight excluding hydrogens is 426 g/mol. The maximum atomic E-state index is 12.6. The van der Waals surface area contributed by atoms with E-state index in [1.165, 1.54) is 0 Å². The largest absolute Gasteiger partial charge is 0.494 e. The fourth-order valence-corrected chi connectivity index (χ4v) is 3.36. The van der Waals surface area contributed by atoms with Gasteiger partial charge in [0.05, 0.1) is 6.61 Å². The Kier molecular flexibility index (Phi) is 6.30. The molecule has 1 heterocycles. The Morgan fingerprint density at radius 3 is 2.61 bits per heavy atom. The molecule has 2 aromatic rings. The van der Waals surface area contributed by atoms with E-state index in [4.69, 9.17) is 4.74 Å². The molecule has 0 aliphatic carbocycles. The molecule has 2 aromatic carbocycles. The lowest BCUT2D eigenvalue weighted by Crippen LogP contribution is -2.46. The number of ether oxygens (including phenoxy) is 1. The first-order valence-corrected chi connectivity index (χ1v) is 9.69. The minimum absolute atomic E-state index is 0.286. The Balaban J connectivity index is 1.56. The van der Waals surface area contributed by atoms with E-state index in [1.54, 1.807) is 29.2 Å². The van der Waals surface area contributed by atoms with Crippen molar-refractivity contribution < 1.29 is 19.1 Å².